The van der Waals surface area contributed by atoms with Gasteiger partial charge in [-0.15, -0.1) is 5.10 Å². The number of nitrogens with one attached hydrogen (secondary N) is 1. The van der Waals surface area contributed by atoms with Crippen molar-refractivity contribution in [2.45, 2.75) is 39.7 Å². The lowest BCUT2D eigenvalue weighted by molar-refractivity contribution is 0.771. The molecule has 0 aromatic carbocycles. The third-order valence-electron chi connectivity index (χ3n) is 3.01. The predicted octanol–water partition coefficient (Wildman–Crippen LogP) is 2.30. The number of hydrogen-bond donors (Lipinski definition) is 1. The van der Waals surface area contributed by atoms with Crippen molar-refractivity contribution in [1.29, 1.82) is 0 Å². The second kappa shape index (κ2) is 3.56. The maximum atomic E-state index is 4.13. The van der Waals surface area contributed by atoms with Crippen molar-refractivity contribution in [2.24, 2.45) is 5.92 Å². The van der Waals surface area contributed by atoms with Gasteiger partial charge in [0.25, 0.3) is 0 Å². The Labute approximate surface area is 84.9 Å². The summed E-state index contributed by atoms with van der Waals surface area (Å²) in [6.07, 6.45) is 2.54. The van der Waals surface area contributed by atoms with E-state index in [4.69, 9.17) is 0 Å². The zero-order valence-electron chi connectivity index (χ0n) is 9.04. The fourth-order valence-corrected chi connectivity index (χ4v) is 1.68. The minimum absolute atomic E-state index is 0.636. The first kappa shape index (κ1) is 9.44. The van der Waals surface area contributed by atoms with E-state index in [1.807, 2.05) is 6.92 Å². The molecule has 1 aliphatic carbocycles. The monoisotopic (exact) mass is 191 g/mol. The third kappa shape index (κ3) is 1.86. The normalized spacial score (nSPS) is 24.8. The maximum absolute atomic E-state index is 4.13. The molecule has 1 aromatic rings. The van der Waals surface area contributed by atoms with Crippen molar-refractivity contribution in [3.8, 4) is 0 Å². The van der Waals surface area contributed by atoms with Gasteiger partial charge in [-0.3, -0.25) is 0 Å². The first-order valence-corrected chi connectivity index (χ1v) is 5.28. The summed E-state index contributed by atoms with van der Waals surface area (Å²) < 4.78 is 0. The average molecular weight is 191 g/mol. The molecule has 76 valence electrons. The lowest BCUT2D eigenvalue weighted by Crippen LogP contribution is -2.07. The maximum Gasteiger partial charge on any atom is 0.149 e. The number of rotatable bonds is 3. The lowest BCUT2D eigenvalue weighted by atomic mass is 10.2. The van der Waals surface area contributed by atoms with Crippen LogP contribution in [0.1, 0.15) is 31.0 Å². The molecule has 0 spiro atoms. The van der Waals surface area contributed by atoms with E-state index in [1.54, 1.807) is 0 Å². The van der Waals surface area contributed by atoms with Crippen LogP contribution in [0.15, 0.2) is 6.07 Å². The van der Waals surface area contributed by atoms with Crippen LogP contribution < -0.4 is 5.32 Å². The Morgan fingerprint density at radius 3 is 2.79 bits per heavy atom. The lowest BCUT2D eigenvalue weighted by Gasteiger charge is -2.05. The van der Waals surface area contributed by atoms with Crippen molar-refractivity contribution >= 4 is 5.82 Å². The summed E-state index contributed by atoms with van der Waals surface area (Å²) in [5, 5.41) is 11.6. The molecule has 1 heterocycles. The highest BCUT2D eigenvalue weighted by molar-refractivity contribution is 5.39. The van der Waals surface area contributed by atoms with E-state index < -0.39 is 0 Å². The summed E-state index contributed by atoms with van der Waals surface area (Å²) in [7, 11) is 0. The van der Waals surface area contributed by atoms with Crippen LogP contribution in [0.25, 0.3) is 0 Å². The van der Waals surface area contributed by atoms with E-state index >= 15 is 0 Å². The van der Waals surface area contributed by atoms with Crippen LogP contribution >= 0.6 is 0 Å². The fourth-order valence-electron chi connectivity index (χ4n) is 1.68. The van der Waals surface area contributed by atoms with E-state index in [0.29, 0.717) is 6.04 Å². The van der Waals surface area contributed by atoms with Crippen molar-refractivity contribution < 1.29 is 0 Å². The minimum atomic E-state index is 0.636. The molecule has 1 aromatic heterocycles. The smallest absolute Gasteiger partial charge is 0.149 e. The minimum Gasteiger partial charge on any atom is -0.366 e. The molecule has 1 saturated carbocycles. The van der Waals surface area contributed by atoms with Gasteiger partial charge in [0.05, 0.1) is 5.69 Å². The molecule has 0 radical (unpaired) electrons. The Morgan fingerprint density at radius 2 is 2.21 bits per heavy atom. The molecule has 2 unspecified atom stereocenters. The predicted molar refractivity (Wildman–Crippen MR) is 57.3 cm³/mol. The molecule has 1 aliphatic rings. The highest BCUT2D eigenvalue weighted by Crippen LogP contribution is 2.35. The first-order valence-electron chi connectivity index (χ1n) is 5.28. The Hall–Kier alpha value is -1.12. The van der Waals surface area contributed by atoms with Gasteiger partial charge in [-0.2, -0.15) is 5.10 Å². The van der Waals surface area contributed by atoms with Crippen LogP contribution in [0, 0.1) is 19.8 Å². The Morgan fingerprint density at radius 1 is 1.43 bits per heavy atom. The molecule has 0 aliphatic heterocycles. The zero-order chi connectivity index (χ0) is 10.1. The molecule has 2 atom stereocenters. The molecule has 3 heteroatoms. The molecule has 0 saturated heterocycles. The topological polar surface area (TPSA) is 37.8 Å². The molecule has 2 rings (SSSR count). The van der Waals surface area contributed by atoms with Crippen LogP contribution in [0.2, 0.25) is 0 Å². The summed E-state index contributed by atoms with van der Waals surface area (Å²) in [4.78, 5) is 0. The van der Waals surface area contributed by atoms with Crippen LogP contribution in [0.3, 0.4) is 0 Å². The van der Waals surface area contributed by atoms with Gasteiger partial charge in [-0.05, 0) is 37.8 Å². The van der Waals surface area contributed by atoms with Gasteiger partial charge in [-0.1, -0.05) is 13.3 Å². The van der Waals surface area contributed by atoms with E-state index in [2.05, 4.69) is 35.4 Å². The van der Waals surface area contributed by atoms with Crippen molar-refractivity contribution in [3.05, 3.63) is 17.3 Å². The summed E-state index contributed by atoms with van der Waals surface area (Å²) in [6.45, 7) is 6.29. The second-order valence-corrected chi connectivity index (χ2v) is 4.15. The summed E-state index contributed by atoms with van der Waals surface area (Å²) in [5.41, 5.74) is 2.22. The average Bonchev–Trinajstić information content (AvgIpc) is 2.90. The highest BCUT2D eigenvalue weighted by Gasteiger charge is 2.35. The van der Waals surface area contributed by atoms with E-state index in [0.717, 1.165) is 17.4 Å². The van der Waals surface area contributed by atoms with Crippen LogP contribution in [-0.2, 0) is 0 Å². The van der Waals surface area contributed by atoms with E-state index in [1.165, 1.54) is 18.4 Å². The summed E-state index contributed by atoms with van der Waals surface area (Å²) >= 11 is 0. The van der Waals surface area contributed by atoms with Crippen molar-refractivity contribution in [3.63, 3.8) is 0 Å². The molecule has 14 heavy (non-hydrogen) atoms. The third-order valence-corrected chi connectivity index (χ3v) is 3.01. The molecule has 1 N–H and O–H groups in total. The van der Waals surface area contributed by atoms with Gasteiger partial charge < -0.3 is 5.32 Å². The summed E-state index contributed by atoms with van der Waals surface area (Å²) in [5.74, 6) is 1.77. The van der Waals surface area contributed by atoms with Gasteiger partial charge in [0, 0.05) is 6.04 Å². The van der Waals surface area contributed by atoms with Gasteiger partial charge >= 0.3 is 0 Å². The van der Waals surface area contributed by atoms with Gasteiger partial charge in [0.15, 0.2) is 0 Å². The molecule has 1 fully saturated rings. The Balaban J connectivity index is 2.00. The number of nitrogens with zero attached hydrogens (tertiary/aromatic N) is 2. The molecular formula is C11H17N3. The Bertz CT molecular complexity index is 335. The SMILES string of the molecule is CCC1CC1Nc1cc(C)c(C)nn1. The quantitative estimate of drug-likeness (QED) is 0.796. The fraction of sp³-hybridized carbons (Fsp3) is 0.636. The van der Waals surface area contributed by atoms with E-state index in [-0.39, 0.29) is 0 Å². The van der Waals surface area contributed by atoms with Crippen LogP contribution in [0.5, 0.6) is 0 Å². The molecule has 0 bridgehead atoms. The number of aromatic nitrogens is 2. The van der Waals surface area contributed by atoms with Crippen LogP contribution in [-0.4, -0.2) is 16.2 Å². The second-order valence-electron chi connectivity index (χ2n) is 4.15. The standard InChI is InChI=1S/C11H17N3/c1-4-9-6-10(9)12-11-5-7(2)8(3)13-14-11/h5,9-10H,4,6H2,1-3H3,(H,12,14). The van der Waals surface area contributed by atoms with Crippen molar-refractivity contribution in [2.75, 3.05) is 5.32 Å². The largest absolute Gasteiger partial charge is 0.366 e. The van der Waals surface area contributed by atoms with Gasteiger partial charge in [-0.25, -0.2) is 0 Å². The molecule has 3 nitrogen and oxygen atoms in total. The van der Waals surface area contributed by atoms with E-state index in [9.17, 15) is 0 Å². The van der Waals surface area contributed by atoms with Gasteiger partial charge in [0.2, 0.25) is 0 Å². The van der Waals surface area contributed by atoms with Crippen molar-refractivity contribution in [1.82, 2.24) is 10.2 Å². The molecular weight excluding hydrogens is 174 g/mol. The molecule has 0 amide bonds. The number of aryl methyl sites for hydroxylation is 2. The number of anilines is 1. The number of hydrogen-bond acceptors (Lipinski definition) is 3. The first-order chi connectivity index (χ1) is 6.70. The zero-order valence-corrected chi connectivity index (χ0v) is 9.04. The summed E-state index contributed by atoms with van der Waals surface area (Å²) in [6, 6.07) is 2.71. The Kier molecular flexibility index (Phi) is 2.40. The highest BCUT2D eigenvalue weighted by atomic mass is 15.2. The van der Waals surface area contributed by atoms with Crippen LogP contribution in [0.4, 0.5) is 5.82 Å². The van der Waals surface area contributed by atoms with Gasteiger partial charge in [0.1, 0.15) is 5.82 Å².